The Labute approximate surface area is 352 Å². The molecule has 0 saturated heterocycles. The van der Waals surface area contributed by atoms with Gasteiger partial charge in [-0.1, -0.05) is 146 Å². The summed E-state index contributed by atoms with van der Waals surface area (Å²) in [5, 5.41) is 0. The van der Waals surface area contributed by atoms with Gasteiger partial charge < -0.3 is 19.3 Å². The minimum atomic E-state index is 0.813. The monoisotopic (exact) mass is 776 g/mol. The van der Waals surface area contributed by atoms with E-state index in [4.69, 9.17) is 9.47 Å². The maximum Gasteiger partial charge on any atom is 0.120 e. The SMILES string of the molecule is COc1cccc(N(c2ccc(-c3ccccc3)cc2)c2ccc(-c3ccc(-c4ccc(N(c5ccc(-c6ccccc6)cc5)c5cccc(OC)c5)cc4)cc3)cc2)c1. The highest BCUT2D eigenvalue weighted by atomic mass is 16.5. The van der Waals surface area contributed by atoms with Crippen molar-refractivity contribution < 1.29 is 9.47 Å². The normalized spacial score (nSPS) is 10.8. The molecule has 0 aliphatic rings. The van der Waals surface area contributed by atoms with Crippen LogP contribution in [0.1, 0.15) is 0 Å². The molecule has 0 N–H and O–H groups in total. The van der Waals surface area contributed by atoms with Gasteiger partial charge in [-0.15, -0.1) is 0 Å². The van der Waals surface area contributed by atoms with E-state index in [1.54, 1.807) is 14.2 Å². The second-order valence-corrected chi connectivity index (χ2v) is 14.6. The van der Waals surface area contributed by atoms with Crippen LogP contribution in [0.25, 0.3) is 44.5 Å². The third-order valence-corrected chi connectivity index (χ3v) is 10.9. The molecule has 0 atom stereocenters. The Morgan fingerprint density at radius 2 is 0.483 bits per heavy atom. The van der Waals surface area contributed by atoms with Gasteiger partial charge in [0.1, 0.15) is 11.5 Å². The molecule has 0 heterocycles. The highest BCUT2D eigenvalue weighted by Crippen LogP contribution is 2.40. The third-order valence-electron chi connectivity index (χ3n) is 10.9. The molecular weight excluding hydrogens is 733 g/mol. The number of benzene rings is 9. The first-order valence-corrected chi connectivity index (χ1v) is 20.1. The van der Waals surface area contributed by atoms with Gasteiger partial charge in [-0.2, -0.15) is 0 Å². The van der Waals surface area contributed by atoms with Crippen molar-refractivity contribution in [1.82, 2.24) is 0 Å². The Balaban J connectivity index is 0.964. The van der Waals surface area contributed by atoms with Crippen molar-refractivity contribution >= 4 is 34.1 Å². The molecule has 0 fully saturated rings. The van der Waals surface area contributed by atoms with E-state index >= 15 is 0 Å². The molecule has 0 aromatic heterocycles. The summed E-state index contributed by atoms with van der Waals surface area (Å²) in [6.45, 7) is 0. The average molecular weight is 777 g/mol. The minimum Gasteiger partial charge on any atom is -0.497 e. The standard InChI is InChI=1S/C56H44N2O2/c1-59-55-17-9-15-53(39-55)57(49-31-23-45(24-32-49)41-11-5-3-6-12-41)51-35-27-47(28-36-51)43-19-21-44(22-20-43)48-29-37-52(38-30-48)58(54-16-10-18-56(40-54)60-2)50-33-25-46(26-34-50)42-13-7-4-8-14-42/h3-40H,1-2H3. The Kier molecular flexibility index (Phi) is 10.9. The molecule has 0 spiro atoms. The van der Waals surface area contributed by atoms with Crippen molar-refractivity contribution in [2.75, 3.05) is 24.0 Å². The fourth-order valence-electron chi connectivity index (χ4n) is 7.72. The Bertz CT molecular complexity index is 2590. The zero-order valence-corrected chi connectivity index (χ0v) is 33.7. The molecule has 290 valence electrons. The van der Waals surface area contributed by atoms with Gasteiger partial charge in [-0.05, 0) is 117 Å². The van der Waals surface area contributed by atoms with Crippen LogP contribution in [0.2, 0.25) is 0 Å². The highest BCUT2D eigenvalue weighted by Gasteiger charge is 2.16. The quantitative estimate of drug-likeness (QED) is 0.123. The molecule has 0 radical (unpaired) electrons. The minimum absolute atomic E-state index is 0.813. The maximum absolute atomic E-state index is 5.62. The summed E-state index contributed by atoms with van der Waals surface area (Å²) in [5.41, 5.74) is 15.7. The molecule has 0 unspecified atom stereocenters. The zero-order chi connectivity index (χ0) is 40.7. The van der Waals surface area contributed by atoms with Crippen LogP contribution < -0.4 is 19.3 Å². The van der Waals surface area contributed by atoms with Crippen molar-refractivity contribution in [3.05, 3.63) is 231 Å². The van der Waals surface area contributed by atoms with Gasteiger partial charge in [-0.25, -0.2) is 0 Å². The maximum atomic E-state index is 5.62. The molecule has 0 bridgehead atoms. The number of nitrogens with zero attached hydrogens (tertiary/aromatic N) is 2. The van der Waals surface area contributed by atoms with Crippen molar-refractivity contribution in [1.29, 1.82) is 0 Å². The predicted octanol–water partition coefficient (Wildman–Crippen LogP) is 15.3. The Morgan fingerprint density at radius 1 is 0.233 bits per heavy atom. The van der Waals surface area contributed by atoms with Crippen molar-refractivity contribution in [3.8, 4) is 56.0 Å². The van der Waals surface area contributed by atoms with Crippen molar-refractivity contribution in [2.45, 2.75) is 0 Å². The van der Waals surface area contributed by atoms with Crippen molar-refractivity contribution in [3.63, 3.8) is 0 Å². The number of anilines is 6. The molecule has 0 amide bonds. The highest BCUT2D eigenvalue weighted by molar-refractivity contribution is 5.82. The molecule has 0 aliphatic carbocycles. The lowest BCUT2D eigenvalue weighted by Crippen LogP contribution is -2.10. The van der Waals surface area contributed by atoms with Crippen molar-refractivity contribution in [2.24, 2.45) is 0 Å². The first kappa shape index (κ1) is 37.7. The van der Waals surface area contributed by atoms with Gasteiger partial charge in [-0.3, -0.25) is 0 Å². The summed E-state index contributed by atoms with van der Waals surface area (Å²) >= 11 is 0. The number of hydrogen-bond acceptors (Lipinski definition) is 4. The summed E-state index contributed by atoms with van der Waals surface area (Å²) in [6.07, 6.45) is 0. The van der Waals surface area contributed by atoms with E-state index in [1.165, 1.54) is 22.3 Å². The van der Waals surface area contributed by atoms with Gasteiger partial charge in [0.15, 0.2) is 0 Å². The van der Waals surface area contributed by atoms with Crippen LogP contribution in [0.15, 0.2) is 231 Å². The van der Waals surface area contributed by atoms with E-state index in [-0.39, 0.29) is 0 Å². The van der Waals surface area contributed by atoms with Crippen LogP contribution in [0.5, 0.6) is 11.5 Å². The number of hydrogen-bond donors (Lipinski definition) is 0. The van der Waals surface area contributed by atoms with E-state index in [1.807, 2.05) is 36.4 Å². The molecule has 9 aromatic carbocycles. The van der Waals surface area contributed by atoms with Crippen LogP contribution in [-0.4, -0.2) is 14.2 Å². The van der Waals surface area contributed by atoms with E-state index in [0.717, 1.165) is 67.9 Å². The van der Waals surface area contributed by atoms with Crippen LogP contribution in [0.4, 0.5) is 34.1 Å². The Morgan fingerprint density at radius 3 is 0.750 bits per heavy atom. The zero-order valence-electron chi connectivity index (χ0n) is 33.7. The van der Waals surface area contributed by atoms with Gasteiger partial charge in [0.25, 0.3) is 0 Å². The van der Waals surface area contributed by atoms with Gasteiger partial charge in [0, 0.05) is 46.3 Å². The van der Waals surface area contributed by atoms with Crippen LogP contribution >= 0.6 is 0 Å². The van der Waals surface area contributed by atoms with Crippen LogP contribution in [0, 0.1) is 0 Å². The van der Waals surface area contributed by atoms with Gasteiger partial charge in [0.05, 0.1) is 14.2 Å². The fraction of sp³-hybridized carbons (Fsp3) is 0.0357. The summed E-state index contributed by atoms with van der Waals surface area (Å²) in [6, 6.07) is 81.2. The molecular formula is C56H44N2O2. The number of ether oxygens (including phenoxy) is 2. The lowest BCUT2D eigenvalue weighted by Gasteiger charge is -2.26. The molecule has 4 nitrogen and oxygen atoms in total. The third kappa shape index (κ3) is 8.13. The van der Waals surface area contributed by atoms with Gasteiger partial charge in [0.2, 0.25) is 0 Å². The fourth-order valence-corrected chi connectivity index (χ4v) is 7.72. The first-order valence-electron chi connectivity index (χ1n) is 20.1. The molecule has 0 saturated carbocycles. The van der Waals surface area contributed by atoms with E-state index in [9.17, 15) is 0 Å². The summed E-state index contributed by atoms with van der Waals surface area (Å²) in [4.78, 5) is 4.53. The predicted molar refractivity (Wildman–Crippen MR) is 251 cm³/mol. The molecule has 60 heavy (non-hydrogen) atoms. The second kappa shape index (κ2) is 17.4. The Hall–Kier alpha value is -7.82. The topological polar surface area (TPSA) is 24.9 Å². The van der Waals surface area contributed by atoms with Gasteiger partial charge >= 0.3 is 0 Å². The van der Waals surface area contributed by atoms with E-state index in [0.29, 0.717) is 0 Å². The van der Waals surface area contributed by atoms with Crippen LogP contribution in [-0.2, 0) is 0 Å². The molecule has 9 rings (SSSR count). The smallest absolute Gasteiger partial charge is 0.120 e. The molecule has 9 aromatic rings. The number of methoxy groups -OCH3 is 2. The lowest BCUT2D eigenvalue weighted by atomic mass is 9.99. The lowest BCUT2D eigenvalue weighted by molar-refractivity contribution is 0.415. The first-order chi connectivity index (χ1) is 29.6. The average Bonchev–Trinajstić information content (AvgIpc) is 3.33. The van der Waals surface area contributed by atoms with Crippen LogP contribution in [0.3, 0.4) is 0 Å². The second-order valence-electron chi connectivity index (χ2n) is 14.6. The number of rotatable bonds is 12. The molecule has 0 aliphatic heterocycles. The summed E-state index contributed by atoms with van der Waals surface area (Å²) < 4.78 is 11.2. The summed E-state index contributed by atoms with van der Waals surface area (Å²) in [7, 11) is 3.41. The van der Waals surface area contributed by atoms with E-state index in [2.05, 4.69) is 204 Å². The summed E-state index contributed by atoms with van der Waals surface area (Å²) in [5.74, 6) is 1.63. The van der Waals surface area contributed by atoms with E-state index < -0.39 is 0 Å². The molecule has 4 heteroatoms. The largest absolute Gasteiger partial charge is 0.497 e.